The third kappa shape index (κ3) is 11.8. The molecule has 0 fully saturated rings. The van der Waals surface area contributed by atoms with Crippen LogP contribution < -0.4 is 0 Å². The Kier molecular flexibility index (Phi) is 10.3. The molecule has 0 aliphatic carbocycles. The van der Waals surface area contributed by atoms with E-state index in [2.05, 4.69) is 13.8 Å². The van der Waals surface area contributed by atoms with Gasteiger partial charge in [-0.15, -0.1) is 0 Å². The zero-order valence-electron chi connectivity index (χ0n) is 10.6. The fraction of sp³-hybridized carbons (Fsp3) is 0.923. The standard InChI is InChI=1S/C13H26OS/c1-4-13(15)14-11-9-7-5-6-8-10-12(2)3/h12H,4-11H2,1-3H3. The molecule has 0 amide bonds. The van der Waals surface area contributed by atoms with Crippen molar-refractivity contribution in [3.63, 3.8) is 0 Å². The Bertz CT molecular complexity index is 155. The van der Waals surface area contributed by atoms with Crippen LogP contribution in [-0.4, -0.2) is 11.7 Å². The minimum atomic E-state index is 0.759. The van der Waals surface area contributed by atoms with E-state index in [9.17, 15) is 0 Å². The van der Waals surface area contributed by atoms with Crippen LogP contribution in [-0.2, 0) is 4.74 Å². The Morgan fingerprint density at radius 3 is 2.27 bits per heavy atom. The van der Waals surface area contributed by atoms with Crippen molar-refractivity contribution in [3.05, 3.63) is 0 Å². The first-order chi connectivity index (χ1) is 7.16. The molecule has 0 bridgehead atoms. The number of rotatable bonds is 9. The van der Waals surface area contributed by atoms with Crippen LogP contribution in [0.15, 0.2) is 0 Å². The topological polar surface area (TPSA) is 9.23 Å². The fourth-order valence-corrected chi connectivity index (χ4v) is 1.56. The van der Waals surface area contributed by atoms with Crippen LogP contribution in [0, 0.1) is 5.92 Å². The van der Waals surface area contributed by atoms with Gasteiger partial charge in [-0.05, 0) is 24.6 Å². The predicted octanol–water partition coefficient (Wildman–Crippen LogP) is 4.74. The van der Waals surface area contributed by atoms with Gasteiger partial charge in [0.2, 0.25) is 0 Å². The minimum absolute atomic E-state index is 0.759. The summed E-state index contributed by atoms with van der Waals surface area (Å²) < 4.78 is 5.37. The van der Waals surface area contributed by atoms with Crippen molar-refractivity contribution in [1.29, 1.82) is 0 Å². The van der Waals surface area contributed by atoms with Gasteiger partial charge in [-0.3, -0.25) is 0 Å². The van der Waals surface area contributed by atoms with E-state index < -0.39 is 0 Å². The van der Waals surface area contributed by atoms with Crippen molar-refractivity contribution in [1.82, 2.24) is 0 Å². The molecule has 0 rings (SSSR count). The Morgan fingerprint density at radius 1 is 1.07 bits per heavy atom. The quantitative estimate of drug-likeness (QED) is 0.418. The number of unbranched alkanes of at least 4 members (excludes halogenated alkanes) is 4. The zero-order chi connectivity index (χ0) is 11.5. The number of hydrogen-bond acceptors (Lipinski definition) is 2. The van der Waals surface area contributed by atoms with Crippen molar-refractivity contribution in [2.75, 3.05) is 6.61 Å². The number of ether oxygens (including phenoxy) is 1. The van der Waals surface area contributed by atoms with E-state index in [1.165, 1.54) is 32.1 Å². The molecule has 0 saturated heterocycles. The second-order valence-electron chi connectivity index (χ2n) is 4.52. The van der Waals surface area contributed by atoms with E-state index in [1.807, 2.05) is 6.92 Å². The number of thiocarbonyl (C=S) groups is 1. The molecule has 0 aliphatic heterocycles. The third-order valence-corrected chi connectivity index (χ3v) is 2.88. The first-order valence-corrected chi connectivity index (χ1v) is 6.73. The van der Waals surface area contributed by atoms with Crippen LogP contribution in [0.25, 0.3) is 0 Å². The summed E-state index contributed by atoms with van der Waals surface area (Å²) in [6, 6.07) is 0. The summed E-state index contributed by atoms with van der Waals surface area (Å²) >= 11 is 4.98. The van der Waals surface area contributed by atoms with Crippen LogP contribution in [0.3, 0.4) is 0 Å². The van der Waals surface area contributed by atoms with Gasteiger partial charge in [0.1, 0.15) is 0 Å². The van der Waals surface area contributed by atoms with Crippen molar-refractivity contribution in [2.45, 2.75) is 65.7 Å². The second kappa shape index (κ2) is 10.4. The molecule has 0 saturated carbocycles. The molecule has 2 heteroatoms. The lowest BCUT2D eigenvalue weighted by Crippen LogP contribution is -2.01. The molecule has 0 spiro atoms. The molecule has 0 radical (unpaired) electrons. The van der Waals surface area contributed by atoms with E-state index in [0.717, 1.165) is 30.4 Å². The van der Waals surface area contributed by atoms with Crippen molar-refractivity contribution in [2.24, 2.45) is 5.92 Å². The van der Waals surface area contributed by atoms with Crippen LogP contribution in [0.2, 0.25) is 0 Å². The summed E-state index contributed by atoms with van der Waals surface area (Å²) in [5.41, 5.74) is 0. The first kappa shape index (κ1) is 14.9. The smallest absolute Gasteiger partial charge is 0.159 e. The average molecular weight is 230 g/mol. The molecule has 0 heterocycles. The summed E-state index contributed by atoms with van der Waals surface area (Å²) in [6.45, 7) is 7.43. The normalized spacial score (nSPS) is 10.7. The van der Waals surface area contributed by atoms with Crippen LogP contribution in [0.4, 0.5) is 0 Å². The van der Waals surface area contributed by atoms with Gasteiger partial charge in [0.25, 0.3) is 0 Å². The summed E-state index contributed by atoms with van der Waals surface area (Å²) in [5.74, 6) is 0.857. The summed E-state index contributed by atoms with van der Waals surface area (Å²) in [6.07, 6.45) is 8.77. The molecule has 0 aliphatic rings. The fourth-order valence-electron chi connectivity index (χ4n) is 1.47. The van der Waals surface area contributed by atoms with Gasteiger partial charge in [-0.1, -0.05) is 52.9 Å². The third-order valence-electron chi connectivity index (χ3n) is 2.48. The molecular formula is C13H26OS. The van der Waals surface area contributed by atoms with Gasteiger partial charge < -0.3 is 4.74 Å². The maximum Gasteiger partial charge on any atom is 0.159 e. The average Bonchev–Trinajstić information content (AvgIpc) is 2.21. The Morgan fingerprint density at radius 2 is 1.67 bits per heavy atom. The molecule has 0 unspecified atom stereocenters. The van der Waals surface area contributed by atoms with Crippen LogP contribution in [0.5, 0.6) is 0 Å². The van der Waals surface area contributed by atoms with Crippen molar-refractivity contribution >= 4 is 17.3 Å². The Labute approximate surface area is 101 Å². The van der Waals surface area contributed by atoms with Gasteiger partial charge in [-0.25, -0.2) is 0 Å². The lowest BCUT2D eigenvalue weighted by Gasteiger charge is -2.06. The van der Waals surface area contributed by atoms with Crippen molar-refractivity contribution < 1.29 is 4.74 Å². The van der Waals surface area contributed by atoms with E-state index in [-0.39, 0.29) is 0 Å². The highest BCUT2D eigenvalue weighted by Gasteiger charge is 1.96. The van der Waals surface area contributed by atoms with Gasteiger partial charge >= 0.3 is 0 Å². The second-order valence-corrected chi connectivity index (χ2v) is 4.98. The van der Waals surface area contributed by atoms with E-state index in [1.54, 1.807) is 0 Å². The minimum Gasteiger partial charge on any atom is -0.487 e. The monoisotopic (exact) mass is 230 g/mol. The highest BCUT2D eigenvalue weighted by atomic mass is 32.1. The lowest BCUT2D eigenvalue weighted by atomic mass is 10.0. The van der Waals surface area contributed by atoms with E-state index >= 15 is 0 Å². The Hall–Kier alpha value is -0.110. The highest BCUT2D eigenvalue weighted by Crippen LogP contribution is 2.10. The van der Waals surface area contributed by atoms with E-state index in [0.29, 0.717) is 0 Å². The molecule has 15 heavy (non-hydrogen) atoms. The maximum absolute atomic E-state index is 5.37. The molecule has 90 valence electrons. The summed E-state index contributed by atoms with van der Waals surface area (Å²) in [5, 5.41) is 0.759. The highest BCUT2D eigenvalue weighted by molar-refractivity contribution is 7.80. The van der Waals surface area contributed by atoms with Crippen LogP contribution in [0.1, 0.15) is 65.7 Å². The van der Waals surface area contributed by atoms with Gasteiger partial charge in [0, 0.05) is 6.42 Å². The van der Waals surface area contributed by atoms with E-state index in [4.69, 9.17) is 17.0 Å². The molecule has 0 aromatic carbocycles. The molecule has 0 aromatic rings. The molecule has 0 aromatic heterocycles. The van der Waals surface area contributed by atoms with Gasteiger partial charge in [-0.2, -0.15) is 0 Å². The van der Waals surface area contributed by atoms with Gasteiger partial charge in [0.05, 0.1) is 6.61 Å². The molecular weight excluding hydrogens is 204 g/mol. The molecule has 0 N–H and O–H groups in total. The number of hydrogen-bond donors (Lipinski definition) is 0. The SMILES string of the molecule is CCC(=S)OCCCCCCCC(C)C. The largest absolute Gasteiger partial charge is 0.487 e. The zero-order valence-corrected chi connectivity index (χ0v) is 11.4. The lowest BCUT2D eigenvalue weighted by molar-refractivity contribution is 0.293. The first-order valence-electron chi connectivity index (χ1n) is 6.32. The predicted molar refractivity (Wildman–Crippen MR) is 71.4 cm³/mol. The molecule has 0 atom stereocenters. The maximum atomic E-state index is 5.37. The van der Waals surface area contributed by atoms with Crippen molar-refractivity contribution in [3.8, 4) is 0 Å². The van der Waals surface area contributed by atoms with Gasteiger partial charge in [0.15, 0.2) is 5.05 Å². The summed E-state index contributed by atoms with van der Waals surface area (Å²) in [4.78, 5) is 0. The Balaban J connectivity index is 3.02. The molecule has 1 nitrogen and oxygen atoms in total. The summed E-state index contributed by atoms with van der Waals surface area (Å²) in [7, 11) is 0. The van der Waals surface area contributed by atoms with Crippen LogP contribution >= 0.6 is 12.2 Å².